The molecule has 0 radical (unpaired) electrons. The zero-order chi connectivity index (χ0) is 16.4. The van der Waals surface area contributed by atoms with E-state index in [-0.39, 0.29) is 18.1 Å². The summed E-state index contributed by atoms with van der Waals surface area (Å²) >= 11 is 0. The molecule has 122 valence electrons. The van der Waals surface area contributed by atoms with E-state index in [0.717, 1.165) is 18.1 Å². The molecule has 3 heterocycles. The van der Waals surface area contributed by atoms with Crippen molar-refractivity contribution in [1.82, 2.24) is 19.9 Å². The van der Waals surface area contributed by atoms with Gasteiger partial charge in [0, 0.05) is 51.9 Å². The first-order valence-electron chi connectivity index (χ1n) is 7.59. The molecule has 2 atom stereocenters. The Kier molecular flexibility index (Phi) is 4.29. The molecular formula is C16H21N5O2. The monoisotopic (exact) mass is 315 g/mol. The lowest BCUT2D eigenvalue weighted by Gasteiger charge is -2.20. The highest BCUT2D eigenvalue weighted by Crippen LogP contribution is 2.28. The highest BCUT2D eigenvalue weighted by atomic mass is 16.5. The number of ether oxygens (including phenoxy) is 1. The first-order valence-corrected chi connectivity index (χ1v) is 7.59. The van der Waals surface area contributed by atoms with Crippen molar-refractivity contribution in [2.45, 2.75) is 18.6 Å². The number of carbonyl (C=O) groups is 1. The zero-order valence-corrected chi connectivity index (χ0v) is 13.6. The second kappa shape index (κ2) is 6.37. The molecule has 7 heteroatoms. The van der Waals surface area contributed by atoms with E-state index in [1.165, 1.54) is 0 Å². The number of anilines is 1. The van der Waals surface area contributed by atoms with Crippen LogP contribution in [0.25, 0.3) is 0 Å². The van der Waals surface area contributed by atoms with Crippen molar-refractivity contribution in [2.75, 3.05) is 25.6 Å². The number of rotatable bonds is 4. The molecule has 1 saturated heterocycles. The average Bonchev–Trinajstić information content (AvgIpc) is 3.15. The summed E-state index contributed by atoms with van der Waals surface area (Å²) in [5.41, 5.74) is 0.592. The summed E-state index contributed by atoms with van der Waals surface area (Å²) in [4.78, 5) is 23.0. The fourth-order valence-corrected chi connectivity index (χ4v) is 2.70. The maximum absolute atomic E-state index is 12.5. The first kappa shape index (κ1) is 15.5. The molecule has 3 rings (SSSR count). The Labute approximate surface area is 135 Å². The number of nitrogens with zero attached hydrogens (tertiary/aromatic N) is 4. The van der Waals surface area contributed by atoms with E-state index in [2.05, 4.69) is 15.3 Å². The molecule has 1 aliphatic rings. The lowest BCUT2D eigenvalue weighted by Crippen LogP contribution is -2.37. The number of aromatic nitrogens is 3. The van der Waals surface area contributed by atoms with Gasteiger partial charge in [-0.1, -0.05) is 0 Å². The minimum Gasteiger partial charge on any atom is -0.368 e. The lowest BCUT2D eigenvalue weighted by atomic mass is 10.1. The molecule has 0 bridgehead atoms. The number of imidazole rings is 1. The number of amides is 1. The third-order valence-corrected chi connectivity index (χ3v) is 3.99. The van der Waals surface area contributed by atoms with Crippen molar-refractivity contribution in [3.05, 3.63) is 42.1 Å². The summed E-state index contributed by atoms with van der Waals surface area (Å²) in [5.74, 6) is 1.46. The van der Waals surface area contributed by atoms with Gasteiger partial charge >= 0.3 is 0 Å². The minimum atomic E-state index is -0.214. The topological polar surface area (TPSA) is 72.3 Å². The van der Waals surface area contributed by atoms with Crippen LogP contribution in [0.15, 0.2) is 30.7 Å². The normalized spacial score (nSPS) is 20.5. The van der Waals surface area contributed by atoms with E-state index in [9.17, 15) is 4.79 Å². The van der Waals surface area contributed by atoms with E-state index in [0.29, 0.717) is 12.2 Å². The molecule has 1 amide bonds. The second-order valence-electron chi connectivity index (χ2n) is 5.85. The zero-order valence-electron chi connectivity index (χ0n) is 13.6. The SMILES string of the molecule is CN(C)c1cc(C(=O)N[C@H]2CCO[C@@H]2c2nccn2C)ccn1. The van der Waals surface area contributed by atoms with Crippen LogP contribution in [0.4, 0.5) is 5.82 Å². The summed E-state index contributed by atoms with van der Waals surface area (Å²) in [5, 5.41) is 3.06. The molecule has 0 saturated carbocycles. The third-order valence-electron chi connectivity index (χ3n) is 3.99. The number of hydrogen-bond donors (Lipinski definition) is 1. The third kappa shape index (κ3) is 3.19. The van der Waals surface area contributed by atoms with Crippen LogP contribution >= 0.6 is 0 Å². The molecule has 0 unspecified atom stereocenters. The van der Waals surface area contributed by atoms with Crippen LogP contribution in [0.5, 0.6) is 0 Å². The fourth-order valence-electron chi connectivity index (χ4n) is 2.70. The molecule has 0 spiro atoms. The van der Waals surface area contributed by atoms with Gasteiger partial charge in [-0.05, 0) is 18.6 Å². The second-order valence-corrected chi connectivity index (χ2v) is 5.85. The highest BCUT2D eigenvalue weighted by molar-refractivity contribution is 5.95. The number of pyridine rings is 1. The van der Waals surface area contributed by atoms with Crippen LogP contribution in [0, 0.1) is 0 Å². The summed E-state index contributed by atoms with van der Waals surface area (Å²) < 4.78 is 7.69. The number of aryl methyl sites for hydroxylation is 1. The number of hydrogen-bond acceptors (Lipinski definition) is 5. The van der Waals surface area contributed by atoms with Gasteiger partial charge in [-0.2, -0.15) is 0 Å². The molecule has 7 nitrogen and oxygen atoms in total. The molecule has 1 N–H and O–H groups in total. The van der Waals surface area contributed by atoms with Gasteiger partial charge in [0.05, 0.1) is 6.04 Å². The summed E-state index contributed by atoms with van der Waals surface area (Å²) in [6.07, 6.45) is 5.82. The van der Waals surface area contributed by atoms with E-state index >= 15 is 0 Å². The van der Waals surface area contributed by atoms with Crippen LogP contribution in [0.3, 0.4) is 0 Å². The maximum atomic E-state index is 12.5. The minimum absolute atomic E-state index is 0.0837. The van der Waals surface area contributed by atoms with E-state index in [1.807, 2.05) is 36.8 Å². The van der Waals surface area contributed by atoms with Crippen molar-refractivity contribution in [3.8, 4) is 0 Å². The van der Waals surface area contributed by atoms with Crippen molar-refractivity contribution in [1.29, 1.82) is 0 Å². The quantitative estimate of drug-likeness (QED) is 0.916. The molecular weight excluding hydrogens is 294 g/mol. The predicted octanol–water partition coefficient (Wildman–Crippen LogP) is 1.14. The summed E-state index contributed by atoms with van der Waals surface area (Å²) in [6, 6.07) is 3.41. The number of nitrogens with one attached hydrogen (secondary N) is 1. The van der Waals surface area contributed by atoms with Gasteiger partial charge in [-0.25, -0.2) is 9.97 Å². The van der Waals surface area contributed by atoms with Crippen LogP contribution in [0.2, 0.25) is 0 Å². The van der Waals surface area contributed by atoms with Crippen LogP contribution in [-0.2, 0) is 11.8 Å². The van der Waals surface area contributed by atoms with E-state index in [4.69, 9.17) is 4.74 Å². The fraction of sp³-hybridized carbons (Fsp3) is 0.438. The van der Waals surface area contributed by atoms with Crippen LogP contribution in [0.1, 0.15) is 28.7 Å². The Bertz CT molecular complexity index is 697. The summed E-state index contributed by atoms with van der Waals surface area (Å²) in [7, 11) is 5.72. The van der Waals surface area contributed by atoms with Crippen molar-refractivity contribution < 1.29 is 9.53 Å². The van der Waals surface area contributed by atoms with Crippen molar-refractivity contribution in [2.24, 2.45) is 7.05 Å². The largest absolute Gasteiger partial charge is 0.368 e. The molecule has 0 aliphatic carbocycles. The van der Waals surface area contributed by atoms with Gasteiger partial charge in [0.25, 0.3) is 5.91 Å². The van der Waals surface area contributed by atoms with Crippen molar-refractivity contribution >= 4 is 11.7 Å². The maximum Gasteiger partial charge on any atom is 0.251 e. The van der Waals surface area contributed by atoms with E-state index < -0.39 is 0 Å². The Hall–Kier alpha value is -2.41. The van der Waals surface area contributed by atoms with Gasteiger partial charge < -0.3 is 19.5 Å². The van der Waals surface area contributed by atoms with Crippen LogP contribution in [-0.4, -0.2) is 47.2 Å². The molecule has 2 aromatic rings. The Morgan fingerprint density at radius 1 is 1.39 bits per heavy atom. The smallest absolute Gasteiger partial charge is 0.251 e. The van der Waals surface area contributed by atoms with Gasteiger partial charge in [0.2, 0.25) is 0 Å². The standard InChI is InChI=1S/C16H21N5O2/c1-20(2)13-10-11(4-6-17-13)16(22)19-12-5-9-23-14(12)15-18-7-8-21(15)3/h4,6-8,10,12,14H,5,9H2,1-3H3,(H,19,22)/t12-,14-/m0/s1. The molecule has 1 aliphatic heterocycles. The molecule has 23 heavy (non-hydrogen) atoms. The average molecular weight is 315 g/mol. The predicted molar refractivity (Wildman–Crippen MR) is 86.3 cm³/mol. The van der Waals surface area contributed by atoms with Gasteiger partial charge in [-0.15, -0.1) is 0 Å². The Morgan fingerprint density at radius 3 is 2.91 bits per heavy atom. The highest BCUT2D eigenvalue weighted by Gasteiger charge is 2.33. The van der Waals surface area contributed by atoms with Gasteiger partial charge in [-0.3, -0.25) is 4.79 Å². The van der Waals surface area contributed by atoms with Crippen molar-refractivity contribution in [3.63, 3.8) is 0 Å². The van der Waals surface area contributed by atoms with Crippen LogP contribution < -0.4 is 10.2 Å². The molecule has 1 fully saturated rings. The Balaban J connectivity index is 1.74. The summed E-state index contributed by atoms with van der Waals surface area (Å²) in [6.45, 7) is 0.613. The lowest BCUT2D eigenvalue weighted by molar-refractivity contribution is 0.0779. The van der Waals surface area contributed by atoms with Gasteiger partial charge in [0.1, 0.15) is 17.7 Å². The van der Waals surface area contributed by atoms with Gasteiger partial charge in [0.15, 0.2) is 0 Å². The molecule has 2 aromatic heterocycles. The molecule has 0 aromatic carbocycles. The van der Waals surface area contributed by atoms with E-state index in [1.54, 1.807) is 24.5 Å². The number of carbonyl (C=O) groups excluding carboxylic acids is 1. The Morgan fingerprint density at radius 2 is 2.22 bits per heavy atom. The first-order chi connectivity index (χ1) is 11.1.